The van der Waals surface area contributed by atoms with E-state index >= 15 is 17.6 Å². The summed E-state index contributed by atoms with van der Waals surface area (Å²) in [7, 11) is 0. The summed E-state index contributed by atoms with van der Waals surface area (Å²) in [4.78, 5) is 25.2. The summed E-state index contributed by atoms with van der Waals surface area (Å²) >= 11 is 0. The molecule has 0 bridgehead atoms. The van der Waals surface area contributed by atoms with E-state index in [2.05, 4.69) is 0 Å². The molecule has 5 nitrogen and oxygen atoms in total. The van der Waals surface area contributed by atoms with Crippen LogP contribution >= 0.6 is 0 Å². The van der Waals surface area contributed by atoms with Crippen LogP contribution in [-0.2, 0) is 37.8 Å². The Hall–Kier alpha value is -3.36. The smallest absolute Gasteiger partial charge is 0.334 e. The van der Waals surface area contributed by atoms with E-state index in [9.17, 15) is 14.7 Å². The molecule has 0 aliphatic heterocycles. The van der Waals surface area contributed by atoms with Gasteiger partial charge in [0.1, 0.15) is 0 Å². The second kappa shape index (κ2) is 10.9. The van der Waals surface area contributed by atoms with Crippen LogP contribution in [0.15, 0.2) is 64.2 Å². The van der Waals surface area contributed by atoms with Crippen molar-refractivity contribution < 1.29 is 22.7 Å². The van der Waals surface area contributed by atoms with Crippen molar-refractivity contribution in [3.63, 3.8) is 0 Å². The SMILES string of the molecule is CC(C)Cc1ccc(C(F)(F)Cn2c(O)cc(=O)n(CC(F)(F)c3ccc(CC(C)C)cc3)c2=O)cc1. The van der Waals surface area contributed by atoms with Gasteiger partial charge in [-0.15, -0.1) is 0 Å². The van der Waals surface area contributed by atoms with E-state index in [4.69, 9.17) is 0 Å². The lowest BCUT2D eigenvalue weighted by Crippen LogP contribution is -2.44. The van der Waals surface area contributed by atoms with Gasteiger partial charge in [0.2, 0.25) is 5.88 Å². The summed E-state index contributed by atoms with van der Waals surface area (Å²) in [5.41, 5.74) is -1.76. The number of hydrogen-bond donors (Lipinski definition) is 1. The highest BCUT2D eigenvalue weighted by atomic mass is 19.3. The molecule has 0 aliphatic rings. The van der Waals surface area contributed by atoms with Gasteiger partial charge >= 0.3 is 5.69 Å². The van der Waals surface area contributed by atoms with Gasteiger partial charge in [-0.2, -0.15) is 17.6 Å². The minimum Gasteiger partial charge on any atom is -0.494 e. The third-order valence-electron chi connectivity index (χ3n) is 6.01. The number of nitrogens with zero attached hydrogens (tertiary/aromatic N) is 2. The van der Waals surface area contributed by atoms with Gasteiger partial charge < -0.3 is 5.11 Å². The van der Waals surface area contributed by atoms with Gasteiger partial charge in [-0.25, -0.2) is 4.79 Å². The topological polar surface area (TPSA) is 64.2 Å². The molecule has 0 saturated heterocycles. The molecule has 1 heterocycles. The van der Waals surface area contributed by atoms with Crippen LogP contribution in [0.3, 0.4) is 0 Å². The first-order chi connectivity index (χ1) is 17.2. The molecule has 9 heteroatoms. The lowest BCUT2D eigenvalue weighted by molar-refractivity contribution is -0.0315. The summed E-state index contributed by atoms with van der Waals surface area (Å²) in [6.45, 7) is 5.31. The van der Waals surface area contributed by atoms with E-state index in [-0.39, 0.29) is 9.13 Å². The molecule has 37 heavy (non-hydrogen) atoms. The average Bonchev–Trinajstić information content (AvgIpc) is 2.79. The standard InChI is InChI=1S/C28H32F4N2O3/c1-18(2)13-20-5-9-22(10-6-20)27(29,30)16-33-24(35)15-25(36)34(26(33)37)17-28(31,32)23-11-7-21(8-12-23)14-19(3)4/h5-12,15,18-19,35H,13-14,16-17H2,1-4H3. The summed E-state index contributed by atoms with van der Waals surface area (Å²) < 4.78 is 60.6. The van der Waals surface area contributed by atoms with Gasteiger partial charge in [-0.05, 0) is 35.8 Å². The molecular weight excluding hydrogens is 488 g/mol. The lowest BCUT2D eigenvalue weighted by atomic mass is 10.00. The molecule has 2 aromatic carbocycles. The number of benzene rings is 2. The van der Waals surface area contributed by atoms with Crippen molar-refractivity contribution in [2.45, 2.75) is 65.5 Å². The first-order valence-electron chi connectivity index (χ1n) is 12.2. The fraction of sp³-hybridized carbons (Fsp3) is 0.429. The number of halogens is 4. The maximum absolute atomic E-state index is 15.1. The molecule has 0 amide bonds. The zero-order chi connectivity index (χ0) is 27.5. The van der Waals surface area contributed by atoms with Crippen molar-refractivity contribution in [2.75, 3.05) is 0 Å². The molecule has 0 saturated carbocycles. The summed E-state index contributed by atoms with van der Waals surface area (Å²) in [6.07, 6.45) is 1.40. The zero-order valence-corrected chi connectivity index (χ0v) is 21.3. The molecule has 0 aliphatic carbocycles. The van der Waals surface area contributed by atoms with Crippen molar-refractivity contribution in [1.82, 2.24) is 9.13 Å². The molecule has 0 spiro atoms. The number of hydrogen-bond acceptors (Lipinski definition) is 3. The van der Waals surface area contributed by atoms with E-state index in [1.54, 1.807) is 24.3 Å². The molecule has 0 fully saturated rings. The van der Waals surface area contributed by atoms with Crippen LogP contribution in [0.5, 0.6) is 5.88 Å². The zero-order valence-electron chi connectivity index (χ0n) is 21.3. The quantitative estimate of drug-likeness (QED) is 0.349. The van der Waals surface area contributed by atoms with Gasteiger partial charge in [0.05, 0.1) is 19.2 Å². The first kappa shape index (κ1) is 28.2. The summed E-state index contributed by atoms with van der Waals surface area (Å²) in [6, 6.07) is 11.6. The van der Waals surface area contributed by atoms with Crippen molar-refractivity contribution >= 4 is 0 Å². The Labute approximate surface area is 213 Å². The summed E-state index contributed by atoms with van der Waals surface area (Å²) in [5.74, 6) is -7.61. The van der Waals surface area contributed by atoms with E-state index in [1.165, 1.54) is 24.3 Å². The third kappa shape index (κ3) is 6.90. The van der Waals surface area contributed by atoms with E-state index in [0.717, 1.165) is 11.1 Å². The van der Waals surface area contributed by atoms with Crippen LogP contribution in [0.25, 0.3) is 0 Å². The predicted octanol–water partition coefficient (Wildman–Crippen LogP) is 5.70. The average molecular weight is 521 g/mol. The van der Waals surface area contributed by atoms with E-state index in [1.807, 2.05) is 27.7 Å². The molecule has 0 radical (unpaired) electrons. The maximum Gasteiger partial charge on any atom is 0.334 e. The Morgan fingerprint density at radius 1 is 0.703 bits per heavy atom. The summed E-state index contributed by atoms with van der Waals surface area (Å²) in [5, 5.41) is 10.1. The number of rotatable bonds is 10. The van der Waals surface area contributed by atoms with E-state index < -0.39 is 53.2 Å². The van der Waals surface area contributed by atoms with Gasteiger partial charge in [-0.1, -0.05) is 76.2 Å². The van der Waals surface area contributed by atoms with Crippen molar-refractivity contribution in [2.24, 2.45) is 11.8 Å². The lowest BCUT2D eigenvalue weighted by Gasteiger charge is -2.22. The predicted molar refractivity (Wildman–Crippen MR) is 134 cm³/mol. The molecular formula is C28H32F4N2O3. The van der Waals surface area contributed by atoms with E-state index in [0.29, 0.717) is 30.7 Å². The fourth-order valence-corrected chi connectivity index (χ4v) is 4.19. The number of alkyl halides is 4. The first-order valence-corrected chi connectivity index (χ1v) is 12.2. The number of aromatic nitrogens is 2. The normalized spacial score (nSPS) is 12.5. The van der Waals surface area contributed by atoms with Gasteiger partial charge in [0, 0.05) is 11.1 Å². The minimum atomic E-state index is -3.64. The van der Waals surface area contributed by atoms with Crippen LogP contribution in [0.4, 0.5) is 17.6 Å². The van der Waals surface area contributed by atoms with Crippen molar-refractivity contribution in [3.05, 3.63) is 97.7 Å². The van der Waals surface area contributed by atoms with Crippen molar-refractivity contribution in [3.8, 4) is 5.88 Å². The maximum atomic E-state index is 15.1. The van der Waals surface area contributed by atoms with Crippen LogP contribution in [0.2, 0.25) is 0 Å². The Morgan fingerprint density at radius 3 is 1.46 bits per heavy atom. The van der Waals surface area contributed by atoms with Crippen LogP contribution in [0.1, 0.15) is 49.9 Å². The monoisotopic (exact) mass is 520 g/mol. The van der Waals surface area contributed by atoms with Crippen LogP contribution < -0.4 is 11.2 Å². The second-order valence-electron chi connectivity index (χ2n) is 10.3. The fourth-order valence-electron chi connectivity index (χ4n) is 4.19. The van der Waals surface area contributed by atoms with Gasteiger partial charge in [0.25, 0.3) is 17.4 Å². The van der Waals surface area contributed by atoms with Crippen molar-refractivity contribution in [1.29, 1.82) is 0 Å². The largest absolute Gasteiger partial charge is 0.494 e. The molecule has 200 valence electrons. The minimum absolute atomic E-state index is 0.170. The molecule has 1 aromatic heterocycles. The number of aromatic hydroxyl groups is 1. The molecule has 3 aromatic rings. The Bertz CT molecular complexity index is 1330. The Kier molecular flexibility index (Phi) is 8.35. The van der Waals surface area contributed by atoms with Crippen LogP contribution in [0, 0.1) is 11.8 Å². The molecule has 1 N–H and O–H groups in total. The molecule has 3 rings (SSSR count). The highest BCUT2D eigenvalue weighted by Crippen LogP contribution is 2.32. The second-order valence-corrected chi connectivity index (χ2v) is 10.3. The Morgan fingerprint density at radius 2 is 1.08 bits per heavy atom. The molecule has 0 atom stereocenters. The third-order valence-corrected chi connectivity index (χ3v) is 6.01. The van der Waals surface area contributed by atoms with Crippen LogP contribution in [-0.4, -0.2) is 14.2 Å². The Balaban J connectivity index is 1.90. The highest BCUT2D eigenvalue weighted by Gasteiger charge is 2.36. The highest BCUT2D eigenvalue weighted by molar-refractivity contribution is 5.27. The molecule has 0 unspecified atom stereocenters. The van der Waals surface area contributed by atoms with Gasteiger partial charge in [-0.3, -0.25) is 13.9 Å². The van der Waals surface area contributed by atoms with Gasteiger partial charge in [0.15, 0.2) is 0 Å².